The van der Waals surface area contributed by atoms with Crippen molar-refractivity contribution in [2.24, 2.45) is 0 Å². The number of hydrogen-bond acceptors (Lipinski definition) is 6. The van der Waals surface area contributed by atoms with Crippen molar-refractivity contribution in [1.82, 2.24) is 10.3 Å². The number of benzene rings is 1. The van der Waals surface area contributed by atoms with Crippen molar-refractivity contribution in [3.05, 3.63) is 53.7 Å². The Labute approximate surface area is 189 Å². The molecule has 0 bridgehead atoms. The zero-order chi connectivity index (χ0) is 23.3. The van der Waals surface area contributed by atoms with Gasteiger partial charge in [-0.3, -0.25) is 10.1 Å². The highest BCUT2D eigenvalue weighted by Crippen LogP contribution is 2.19. The highest BCUT2D eigenvalue weighted by molar-refractivity contribution is 5.96. The standard InChI is InChI=1S/C24H32N4O4/c1-16-14-28(15-17(2)31-16)21-10-9-18(12-25-21)13-26-22(29)19-7-6-8-20(11-19)27-23(30)32-24(3,4)5/h6-12,16-17H,13-15H2,1-5H3,(H,26,29)(H,27,30). The van der Waals surface area contributed by atoms with Gasteiger partial charge in [-0.2, -0.15) is 0 Å². The summed E-state index contributed by atoms with van der Waals surface area (Å²) in [6.45, 7) is 11.5. The van der Waals surface area contributed by atoms with Crippen LogP contribution in [0.2, 0.25) is 0 Å². The lowest BCUT2D eigenvalue weighted by molar-refractivity contribution is -0.00546. The number of morpholine rings is 1. The molecule has 1 aromatic heterocycles. The molecule has 1 aliphatic rings. The first-order valence-corrected chi connectivity index (χ1v) is 10.8. The molecule has 1 saturated heterocycles. The fourth-order valence-electron chi connectivity index (χ4n) is 3.52. The van der Waals surface area contributed by atoms with Crippen LogP contribution in [0, 0.1) is 0 Å². The average molecular weight is 441 g/mol. The van der Waals surface area contributed by atoms with Crippen LogP contribution in [-0.4, -0.2) is 47.9 Å². The van der Waals surface area contributed by atoms with Gasteiger partial charge in [-0.1, -0.05) is 12.1 Å². The average Bonchev–Trinajstić information content (AvgIpc) is 2.70. The third-order valence-corrected chi connectivity index (χ3v) is 4.78. The minimum atomic E-state index is -0.596. The van der Waals surface area contributed by atoms with Gasteiger partial charge in [-0.05, 0) is 64.4 Å². The van der Waals surface area contributed by atoms with Crippen molar-refractivity contribution in [3.8, 4) is 0 Å². The van der Waals surface area contributed by atoms with Crippen molar-refractivity contribution in [2.45, 2.75) is 59.0 Å². The Morgan fingerprint density at radius 1 is 1.16 bits per heavy atom. The number of ether oxygens (including phenoxy) is 2. The smallest absolute Gasteiger partial charge is 0.412 e. The van der Waals surface area contributed by atoms with E-state index in [2.05, 4.69) is 34.4 Å². The van der Waals surface area contributed by atoms with Crippen LogP contribution in [-0.2, 0) is 16.0 Å². The molecule has 2 N–H and O–H groups in total. The van der Waals surface area contributed by atoms with Crippen molar-refractivity contribution >= 4 is 23.5 Å². The maximum Gasteiger partial charge on any atom is 0.412 e. The second-order valence-electron chi connectivity index (χ2n) is 9.08. The number of pyridine rings is 1. The molecule has 8 heteroatoms. The minimum absolute atomic E-state index is 0.167. The van der Waals surface area contributed by atoms with Gasteiger partial charge in [0.15, 0.2) is 0 Å². The van der Waals surface area contributed by atoms with Gasteiger partial charge in [-0.25, -0.2) is 9.78 Å². The van der Waals surface area contributed by atoms with E-state index >= 15 is 0 Å². The molecule has 0 radical (unpaired) electrons. The summed E-state index contributed by atoms with van der Waals surface area (Å²) in [5.74, 6) is 0.667. The quantitative estimate of drug-likeness (QED) is 0.731. The van der Waals surface area contributed by atoms with Crippen LogP contribution >= 0.6 is 0 Å². The van der Waals surface area contributed by atoms with E-state index in [4.69, 9.17) is 9.47 Å². The van der Waals surface area contributed by atoms with Gasteiger partial charge in [0.25, 0.3) is 5.91 Å². The SMILES string of the molecule is CC1CN(c2ccc(CNC(=O)c3cccc(NC(=O)OC(C)(C)C)c3)cn2)CC(C)O1. The van der Waals surface area contributed by atoms with Gasteiger partial charge in [0.2, 0.25) is 0 Å². The van der Waals surface area contributed by atoms with Crippen molar-refractivity contribution in [2.75, 3.05) is 23.3 Å². The Bertz CT molecular complexity index is 930. The summed E-state index contributed by atoms with van der Waals surface area (Å²) in [5.41, 5.74) is 1.24. The molecular formula is C24H32N4O4. The van der Waals surface area contributed by atoms with Gasteiger partial charge < -0.3 is 19.7 Å². The number of carbonyl (C=O) groups is 2. The predicted molar refractivity (Wildman–Crippen MR) is 124 cm³/mol. The van der Waals surface area contributed by atoms with Crippen molar-refractivity contribution in [3.63, 3.8) is 0 Å². The summed E-state index contributed by atoms with van der Waals surface area (Å²) in [7, 11) is 0. The number of aromatic nitrogens is 1. The fraction of sp³-hybridized carbons (Fsp3) is 0.458. The van der Waals surface area contributed by atoms with Crippen LogP contribution in [0.5, 0.6) is 0 Å². The second kappa shape index (κ2) is 9.99. The molecule has 1 aromatic carbocycles. The molecule has 2 heterocycles. The summed E-state index contributed by atoms with van der Waals surface area (Å²) in [6.07, 6.45) is 1.55. The van der Waals surface area contributed by atoms with Crippen LogP contribution in [0.4, 0.5) is 16.3 Å². The van der Waals surface area contributed by atoms with Crippen molar-refractivity contribution in [1.29, 1.82) is 0 Å². The number of carbonyl (C=O) groups excluding carboxylic acids is 2. The zero-order valence-corrected chi connectivity index (χ0v) is 19.3. The molecule has 32 heavy (non-hydrogen) atoms. The Morgan fingerprint density at radius 2 is 1.88 bits per heavy atom. The Kier molecular flexibility index (Phi) is 7.35. The summed E-state index contributed by atoms with van der Waals surface area (Å²) in [5, 5.41) is 5.54. The second-order valence-corrected chi connectivity index (χ2v) is 9.08. The highest BCUT2D eigenvalue weighted by atomic mass is 16.6. The lowest BCUT2D eigenvalue weighted by Gasteiger charge is -2.36. The van der Waals surface area contributed by atoms with Gasteiger partial charge in [0.05, 0.1) is 12.2 Å². The first kappa shape index (κ1) is 23.5. The molecule has 1 fully saturated rings. The maximum absolute atomic E-state index is 12.6. The predicted octanol–water partition coefficient (Wildman–Crippen LogP) is 3.97. The number of rotatable bonds is 5. The van der Waals surface area contributed by atoms with Crippen LogP contribution in [0.25, 0.3) is 0 Å². The van der Waals surface area contributed by atoms with Gasteiger partial charge in [0.1, 0.15) is 11.4 Å². The molecular weight excluding hydrogens is 408 g/mol. The van der Waals surface area contributed by atoms with E-state index in [0.29, 0.717) is 17.8 Å². The molecule has 2 unspecified atom stereocenters. The van der Waals surface area contributed by atoms with E-state index in [0.717, 1.165) is 24.5 Å². The molecule has 2 aromatic rings. The third kappa shape index (κ3) is 6.95. The van der Waals surface area contributed by atoms with Gasteiger partial charge in [-0.15, -0.1) is 0 Å². The van der Waals surface area contributed by atoms with E-state index in [9.17, 15) is 9.59 Å². The largest absolute Gasteiger partial charge is 0.444 e. The summed E-state index contributed by atoms with van der Waals surface area (Å²) >= 11 is 0. The van der Waals surface area contributed by atoms with E-state index in [1.165, 1.54) is 0 Å². The van der Waals surface area contributed by atoms with E-state index in [-0.39, 0.29) is 18.1 Å². The van der Waals surface area contributed by atoms with Gasteiger partial charge in [0, 0.05) is 37.1 Å². The topological polar surface area (TPSA) is 92.8 Å². The Morgan fingerprint density at radius 3 is 2.50 bits per heavy atom. The zero-order valence-electron chi connectivity index (χ0n) is 19.3. The molecule has 0 spiro atoms. The molecule has 2 atom stereocenters. The molecule has 3 rings (SSSR count). The molecule has 1 aliphatic heterocycles. The van der Waals surface area contributed by atoms with Crippen LogP contribution in [0.3, 0.4) is 0 Å². The summed E-state index contributed by atoms with van der Waals surface area (Å²) in [6, 6.07) is 10.7. The molecule has 8 nitrogen and oxygen atoms in total. The lowest BCUT2D eigenvalue weighted by Crippen LogP contribution is -2.45. The van der Waals surface area contributed by atoms with Gasteiger partial charge >= 0.3 is 6.09 Å². The van der Waals surface area contributed by atoms with Crippen LogP contribution < -0.4 is 15.5 Å². The Balaban J connectivity index is 1.55. The maximum atomic E-state index is 12.6. The van der Waals surface area contributed by atoms with E-state index < -0.39 is 11.7 Å². The first-order chi connectivity index (χ1) is 15.1. The Hall–Kier alpha value is -3.13. The number of nitrogens with zero attached hydrogens (tertiary/aromatic N) is 2. The molecule has 0 saturated carbocycles. The normalized spacial score (nSPS) is 18.7. The number of amides is 2. The lowest BCUT2D eigenvalue weighted by atomic mass is 10.1. The highest BCUT2D eigenvalue weighted by Gasteiger charge is 2.23. The van der Waals surface area contributed by atoms with Crippen LogP contribution in [0.15, 0.2) is 42.6 Å². The summed E-state index contributed by atoms with van der Waals surface area (Å²) in [4.78, 5) is 31.3. The number of nitrogens with one attached hydrogen (secondary N) is 2. The number of hydrogen-bond donors (Lipinski definition) is 2. The molecule has 172 valence electrons. The van der Waals surface area contributed by atoms with Crippen molar-refractivity contribution < 1.29 is 19.1 Å². The minimum Gasteiger partial charge on any atom is -0.444 e. The molecule has 2 amide bonds. The first-order valence-electron chi connectivity index (χ1n) is 10.8. The van der Waals surface area contributed by atoms with E-state index in [1.54, 1.807) is 51.2 Å². The monoisotopic (exact) mass is 440 g/mol. The third-order valence-electron chi connectivity index (χ3n) is 4.78. The van der Waals surface area contributed by atoms with Crippen LogP contribution in [0.1, 0.15) is 50.5 Å². The summed E-state index contributed by atoms with van der Waals surface area (Å²) < 4.78 is 11.0. The van der Waals surface area contributed by atoms with E-state index in [1.807, 2.05) is 12.1 Å². The number of anilines is 2. The molecule has 0 aliphatic carbocycles. The fourth-order valence-corrected chi connectivity index (χ4v) is 3.52.